The number of phenolic OH excluding ortho intramolecular Hbond substituents is 1. The van der Waals surface area contributed by atoms with Crippen molar-refractivity contribution in [2.24, 2.45) is 0 Å². The molecule has 2 heteroatoms. The van der Waals surface area contributed by atoms with E-state index in [2.05, 4.69) is 26.0 Å². The van der Waals surface area contributed by atoms with Crippen molar-refractivity contribution in [3.8, 4) is 5.75 Å². The molecule has 0 aromatic heterocycles. The zero-order valence-electron chi connectivity index (χ0n) is 9.77. The average Bonchev–Trinajstić information content (AvgIpc) is 2.33. The van der Waals surface area contributed by atoms with Crippen LogP contribution in [0.2, 0.25) is 0 Å². The van der Waals surface area contributed by atoms with Gasteiger partial charge in [-0.25, -0.2) is 0 Å². The first-order valence-corrected chi connectivity index (χ1v) is 7.44. The predicted molar refractivity (Wildman–Crippen MR) is 73.2 cm³/mol. The summed E-state index contributed by atoms with van der Waals surface area (Å²) in [5, 5.41) is 13.7. The number of hydrogen-bond donors (Lipinski definition) is 1. The van der Waals surface area contributed by atoms with Crippen molar-refractivity contribution in [3.05, 3.63) is 36.4 Å². The fourth-order valence-corrected chi connectivity index (χ4v) is 4.14. The van der Waals surface area contributed by atoms with E-state index in [9.17, 15) is 5.11 Å². The Kier molecular flexibility index (Phi) is 3.46. The molecule has 0 aliphatic rings. The minimum Gasteiger partial charge on any atom is -0.507 e. The van der Waals surface area contributed by atoms with Gasteiger partial charge >= 0.3 is 0 Å². The van der Waals surface area contributed by atoms with Crippen molar-refractivity contribution in [3.63, 3.8) is 0 Å². The average molecular weight is 232 g/mol. The van der Waals surface area contributed by atoms with Crippen LogP contribution < -0.4 is 5.30 Å². The van der Waals surface area contributed by atoms with Crippen molar-refractivity contribution in [2.45, 2.75) is 13.8 Å². The molecule has 1 N–H and O–H groups in total. The number of hydrogen-bond acceptors (Lipinski definition) is 1. The Balaban J connectivity index is 2.69. The van der Waals surface area contributed by atoms with Crippen molar-refractivity contribution in [1.29, 1.82) is 0 Å². The molecule has 0 bridgehead atoms. The number of rotatable bonds is 3. The van der Waals surface area contributed by atoms with Gasteiger partial charge in [0.1, 0.15) is 5.75 Å². The van der Waals surface area contributed by atoms with Crippen molar-refractivity contribution in [1.82, 2.24) is 0 Å². The van der Waals surface area contributed by atoms with Crippen LogP contribution in [-0.2, 0) is 0 Å². The van der Waals surface area contributed by atoms with Gasteiger partial charge in [0.15, 0.2) is 0 Å². The van der Waals surface area contributed by atoms with E-state index >= 15 is 0 Å². The standard InChI is InChI=1S/C14H17OP/c1-3-16(4-2)14-12-8-6-5-7-11(12)9-10-13(14)15/h5-10,15H,3-4H2,1-2H3. The number of phenols is 1. The van der Waals surface area contributed by atoms with Crippen LogP contribution in [0.1, 0.15) is 13.8 Å². The maximum absolute atomic E-state index is 10.1. The maximum Gasteiger partial charge on any atom is 0.123 e. The molecule has 84 valence electrons. The second-order valence-corrected chi connectivity index (χ2v) is 6.62. The highest BCUT2D eigenvalue weighted by atomic mass is 31.1. The Hall–Kier alpha value is -1.07. The number of benzene rings is 2. The summed E-state index contributed by atoms with van der Waals surface area (Å²) >= 11 is 0. The van der Waals surface area contributed by atoms with E-state index in [1.165, 1.54) is 16.1 Å². The first-order valence-electron chi connectivity index (χ1n) is 5.73. The molecule has 2 aromatic rings. The topological polar surface area (TPSA) is 20.2 Å². The third-order valence-corrected chi connectivity index (χ3v) is 5.59. The zero-order valence-corrected chi connectivity index (χ0v) is 10.7. The highest BCUT2D eigenvalue weighted by Crippen LogP contribution is 2.39. The van der Waals surface area contributed by atoms with Gasteiger partial charge in [-0.2, -0.15) is 0 Å². The third kappa shape index (κ3) is 1.92. The second kappa shape index (κ2) is 4.84. The van der Waals surface area contributed by atoms with Gasteiger partial charge in [0, 0.05) is 5.30 Å². The van der Waals surface area contributed by atoms with Crippen LogP contribution in [0.3, 0.4) is 0 Å². The Morgan fingerprint density at radius 3 is 2.38 bits per heavy atom. The minimum atomic E-state index is -0.222. The van der Waals surface area contributed by atoms with Crippen molar-refractivity contribution >= 4 is 24.0 Å². The molecule has 0 saturated carbocycles. The zero-order chi connectivity index (χ0) is 11.5. The molecule has 0 aliphatic heterocycles. The minimum absolute atomic E-state index is 0.222. The molecule has 0 spiro atoms. The van der Waals surface area contributed by atoms with Crippen molar-refractivity contribution in [2.75, 3.05) is 12.3 Å². The van der Waals surface area contributed by atoms with Crippen LogP contribution in [0.25, 0.3) is 10.8 Å². The Labute approximate surface area is 97.9 Å². The molecule has 2 aromatic carbocycles. The highest BCUT2D eigenvalue weighted by Gasteiger charge is 2.14. The van der Waals surface area contributed by atoms with Gasteiger partial charge in [-0.3, -0.25) is 0 Å². The lowest BCUT2D eigenvalue weighted by molar-refractivity contribution is 0.480. The van der Waals surface area contributed by atoms with Gasteiger partial charge in [0.2, 0.25) is 0 Å². The fourth-order valence-electron chi connectivity index (χ4n) is 2.12. The summed E-state index contributed by atoms with van der Waals surface area (Å²) in [4.78, 5) is 0. The first-order chi connectivity index (χ1) is 7.77. The first kappa shape index (κ1) is 11.4. The van der Waals surface area contributed by atoms with E-state index in [0.29, 0.717) is 5.75 Å². The van der Waals surface area contributed by atoms with Crippen LogP contribution in [0, 0.1) is 0 Å². The molecule has 0 amide bonds. The lowest BCUT2D eigenvalue weighted by atomic mass is 10.1. The third-order valence-electron chi connectivity index (χ3n) is 2.96. The fraction of sp³-hybridized carbons (Fsp3) is 0.286. The van der Waals surface area contributed by atoms with Gasteiger partial charge in [-0.1, -0.05) is 52.1 Å². The number of aromatic hydroxyl groups is 1. The van der Waals surface area contributed by atoms with Crippen molar-refractivity contribution < 1.29 is 5.11 Å². The van der Waals surface area contributed by atoms with Gasteiger partial charge < -0.3 is 5.11 Å². The molecule has 0 radical (unpaired) electrons. The normalized spacial score (nSPS) is 11.2. The molecule has 0 atom stereocenters. The Bertz CT molecular complexity index is 489. The van der Waals surface area contributed by atoms with Gasteiger partial charge in [-0.05, 0) is 29.2 Å². The molecule has 1 nitrogen and oxygen atoms in total. The molecule has 0 fully saturated rings. The SMILES string of the molecule is CCP(CC)c1c(O)ccc2ccccc12. The molecule has 0 aliphatic carbocycles. The second-order valence-electron chi connectivity index (χ2n) is 3.83. The van der Waals surface area contributed by atoms with Gasteiger partial charge in [0.25, 0.3) is 0 Å². The van der Waals surface area contributed by atoms with Crippen LogP contribution in [0.15, 0.2) is 36.4 Å². The lowest BCUT2D eigenvalue weighted by Crippen LogP contribution is -2.06. The Morgan fingerprint density at radius 2 is 1.69 bits per heavy atom. The van der Waals surface area contributed by atoms with Crippen LogP contribution in [0.4, 0.5) is 0 Å². The molecule has 0 unspecified atom stereocenters. The van der Waals surface area contributed by atoms with Gasteiger partial charge in [0.05, 0.1) is 0 Å². The van der Waals surface area contributed by atoms with E-state index < -0.39 is 0 Å². The smallest absolute Gasteiger partial charge is 0.123 e. The quantitative estimate of drug-likeness (QED) is 0.800. The lowest BCUT2D eigenvalue weighted by Gasteiger charge is -2.17. The van der Waals surface area contributed by atoms with E-state index in [-0.39, 0.29) is 7.92 Å². The van der Waals surface area contributed by atoms with E-state index in [1.807, 2.05) is 24.3 Å². The largest absolute Gasteiger partial charge is 0.507 e. The summed E-state index contributed by atoms with van der Waals surface area (Å²) in [6.07, 6.45) is 2.26. The van der Waals surface area contributed by atoms with E-state index in [4.69, 9.17) is 0 Å². The summed E-state index contributed by atoms with van der Waals surface area (Å²) in [5.74, 6) is 0.466. The van der Waals surface area contributed by atoms with E-state index in [1.54, 1.807) is 0 Å². The molecule has 16 heavy (non-hydrogen) atoms. The summed E-state index contributed by atoms with van der Waals surface area (Å²) in [6.45, 7) is 4.41. The summed E-state index contributed by atoms with van der Waals surface area (Å²) in [6, 6.07) is 12.1. The molecule has 0 heterocycles. The van der Waals surface area contributed by atoms with Crippen LogP contribution in [0.5, 0.6) is 5.75 Å². The molecular weight excluding hydrogens is 215 g/mol. The predicted octanol–water partition coefficient (Wildman–Crippen LogP) is 3.69. The summed E-state index contributed by atoms with van der Waals surface area (Å²) < 4.78 is 0. The highest BCUT2D eigenvalue weighted by molar-refractivity contribution is 7.66. The van der Waals surface area contributed by atoms with Gasteiger partial charge in [-0.15, -0.1) is 0 Å². The van der Waals surface area contributed by atoms with E-state index in [0.717, 1.165) is 12.3 Å². The number of fused-ring (bicyclic) bond motifs is 1. The molecule has 0 saturated heterocycles. The Morgan fingerprint density at radius 1 is 1.00 bits per heavy atom. The molecular formula is C14H17OP. The summed E-state index contributed by atoms with van der Waals surface area (Å²) in [5.41, 5.74) is 0. The maximum atomic E-state index is 10.1. The monoisotopic (exact) mass is 232 g/mol. The molecule has 2 rings (SSSR count). The van der Waals surface area contributed by atoms with Crippen LogP contribution >= 0.6 is 7.92 Å². The summed E-state index contributed by atoms with van der Waals surface area (Å²) in [7, 11) is -0.222. The van der Waals surface area contributed by atoms with Crippen LogP contribution in [-0.4, -0.2) is 17.4 Å².